The number of benzene rings is 1. The van der Waals surface area contributed by atoms with Crippen LogP contribution in [-0.2, 0) is 0 Å². The summed E-state index contributed by atoms with van der Waals surface area (Å²) in [5.74, 6) is -0.782. The van der Waals surface area contributed by atoms with Crippen LogP contribution >= 0.6 is 11.6 Å². The van der Waals surface area contributed by atoms with Crippen molar-refractivity contribution >= 4 is 28.3 Å². The van der Waals surface area contributed by atoms with Crippen LogP contribution in [0.2, 0.25) is 5.15 Å². The lowest BCUT2D eigenvalue weighted by Crippen LogP contribution is -2.43. The molecule has 0 aliphatic carbocycles. The highest BCUT2D eigenvalue weighted by Crippen LogP contribution is 2.26. The van der Waals surface area contributed by atoms with E-state index >= 15 is 0 Å². The molecule has 0 aliphatic heterocycles. The van der Waals surface area contributed by atoms with Gasteiger partial charge in [0, 0.05) is 11.9 Å². The fourth-order valence-corrected chi connectivity index (χ4v) is 2.68. The maximum atomic E-state index is 12.8. The molecule has 1 amide bonds. The van der Waals surface area contributed by atoms with Crippen molar-refractivity contribution < 1.29 is 18.0 Å². The molecule has 0 bridgehead atoms. The fourth-order valence-electron chi connectivity index (χ4n) is 2.42. The maximum absolute atomic E-state index is 12.8. The number of hydrogen-bond donors (Lipinski definition) is 0. The first-order valence-electron chi connectivity index (χ1n) is 7.38. The fraction of sp³-hybridized carbons (Fsp3) is 0.412. The summed E-state index contributed by atoms with van der Waals surface area (Å²) in [5, 5.41) is 1.40. The van der Waals surface area contributed by atoms with Gasteiger partial charge in [-0.25, -0.2) is 4.98 Å². The molecule has 0 aliphatic rings. The lowest BCUT2D eigenvalue weighted by atomic mass is 9.96. The molecule has 1 aromatic heterocycles. The molecule has 1 aromatic carbocycles. The Balaban J connectivity index is 2.41. The van der Waals surface area contributed by atoms with Gasteiger partial charge in [0.2, 0.25) is 0 Å². The number of carbonyl (C=O) groups is 1. The summed E-state index contributed by atoms with van der Waals surface area (Å²) in [6.45, 7) is 3.94. The quantitative estimate of drug-likeness (QED) is 0.728. The number of aromatic nitrogens is 1. The third-order valence-electron chi connectivity index (χ3n) is 3.24. The topological polar surface area (TPSA) is 33.2 Å². The van der Waals surface area contributed by atoms with Crippen LogP contribution in [0.4, 0.5) is 13.2 Å². The predicted molar refractivity (Wildman–Crippen MR) is 88.2 cm³/mol. The van der Waals surface area contributed by atoms with E-state index < -0.39 is 24.0 Å². The molecule has 0 spiro atoms. The van der Waals surface area contributed by atoms with E-state index in [0.29, 0.717) is 10.8 Å². The third-order valence-corrected chi connectivity index (χ3v) is 3.52. The van der Waals surface area contributed by atoms with Crippen molar-refractivity contribution in [3.8, 4) is 0 Å². The molecule has 3 nitrogen and oxygen atoms in total. The number of pyridine rings is 1. The Morgan fingerprint density at radius 1 is 1.17 bits per heavy atom. The lowest BCUT2D eigenvalue weighted by Gasteiger charge is -2.30. The number of fused-ring (bicyclic) bond motifs is 1. The van der Waals surface area contributed by atoms with Crippen molar-refractivity contribution in [2.75, 3.05) is 13.1 Å². The first-order valence-corrected chi connectivity index (χ1v) is 7.75. The van der Waals surface area contributed by atoms with Crippen LogP contribution in [0.1, 0.15) is 31.3 Å². The minimum atomic E-state index is -4.48. The zero-order valence-corrected chi connectivity index (χ0v) is 14.4. The molecule has 2 rings (SSSR count). The second kappa shape index (κ2) is 6.59. The molecule has 2 aromatic rings. The van der Waals surface area contributed by atoms with Gasteiger partial charge in [-0.2, -0.15) is 13.2 Å². The molecular weight excluding hydrogens is 341 g/mol. The number of nitrogens with zero attached hydrogens (tertiary/aromatic N) is 2. The molecule has 0 saturated carbocycles. The minimum absolute atomic E-state index is 0.0442. The number of alkyl halides is 3. The van der Waals surface area contributed by atoms with E-state index in [1.165, 1.54) is 6.07 Å². The molecule has 7 heteroatoms. The zero-order chi connectivity index (χ0) is 18.1. The first kappa shape index (κ1) is 18.5. The summed E-state index contributed by atoms with van der Waals surface area (Å²) in [6, 6.07) is 8.47. The van der Waals surface area contributed by atoms with Crippen LogP contribution < -0.4 is 0 Å². The Labute approximate surface area is 143 Å². The number of halogens is 4. The van der Waals surface area contributed by atoms with E-state index in [2.05, 4.69) is 4.98 Å². The standard InChI is InChI=1S/C17H18ClF3N2O/c1-16(2,3)9-23(10-17(19,20)21)15(24)13-8-11-6-4-5-7-12(11)14(18)22-13/h4-8H,9-10H2,1-3H3. The normalized spacial score (nSPS) is 12.5. The summed E-state index contributed by atoms with van der Waals surface area (Å²) in [6.07, 6.45) is -4.48. The van der Waals surface area contributed by atoms with Crippen LogP contribution in [0.5, 0.6) is 0 Å². The van der Waals surface area contributed by atoms with Crippen LogP contribution in [0.25, 0.3) is 10.8 Å². The number of carbonyl (C=O) groups excluding carboxylic acids is 1. The van der Waals surface area contributed by atoms with Crippen molar-refractivity contribution in [1.29, 1.82) is 0 Å². The zero-order valence-electron chi connectivity index (χ0n) is 13.6. The second-order valence-electron chi connectivity index (χ2n) is 6.86. The van der Waals surface area contributed by atoms with Crippen LogP contribution in [0.15, 0.2) is 30.3 Å². The summed E-state index contributed by atoms with van der Waals surface area (Å²) >= 11 is 6.07. The van der Waals surface area contributed by atoms with E-state index in [1.807, 2.05) is 0 Å². The SMILES string of the molecule is CC(C)(C)CN(CC(F)(F)F)C(=O)c1cc2ccccc2c(Cl)n1. The molecule has 1 heterocycles. The van der Waals surface area contributed by atoms with Crippen LogP contribution in [-0.4, -0.2) is 35.1 Å². The van der Waals surface area contributed by atoms with Crippen molar-refractivity contribution in [3.05, 3.63) is 41.2 Å². The number of rotatable bonds is 3. The van der Waals surface area contributed by atoms with Gasteiger partial charge in [0.05, 0.1) is 0 Å². The second-order valence-corrected chi connectivity index (χ2v) is 7.21. The Kier molecular flexibility index (Phi) is 5.08. The van der Waals surface area contributed by atoms with Crippen molar-refractivity contribution in [2.24, 2.45) is 5.41 Å². The average molecular weight is 359 g/mol. The average Bonchev–Trinajstić information content (AvgIpc) is 2.42. The lowest BCUT2D eigenvalue weighted by molar-refractivity contribution is -0.142. The van der Waals surface area contributed by atoms with Crippen LogP contribution in [0, 0.1) is 5.41 Å². The molecule has 0 saturated heterocycles. The smallest absolute Gasteiger partial charge is 0.328 e. The van der Waals surface area contributed by atoms with Gasteiger partial charge in [-0.05, 0) is 16.9 Å². The van der Waals surface area contributed by atoms with Gasteiger partial charge in [0.25, 0.3) is 5.91 Å². The molecule has 0 radical (unpaired) electrons. The van der Waals surface area contributed by atoms with Gasteiger partial charge < -0.3 is 4.90 Å². The minimum Gasteiger partial charge on any atom is -0.328 e. The third kappa shape index (κ3) is 4.84. The largest absolute Gasteiger partial charge is 0.406 e. The molecule has 24 heavy (non-hydrogen) atoms. The molecule has 0 unspecified atom stereocenters. The van der Waals surface area contributed by atoms with Gasteiger partial charge >= 0.3 is 6.18 Å². The van der Waals surface area contributed by atoms with Gasteiger partial charge in [-0.1, -0.05) is 56.6 Å². The van der Waals surface area contributed by atoms with Gasteiger partial charge in [0.1, 0.15) is 17.4 Å². The highest BCUT2D eigenvalue weighted by molar-refractivity contribution is 6.34. The van der Waals surface area contributed by atoms with Crippen LogP contribution in [0.3, 0.4) is 0 Å². The molecule has 0 N–H and O–H groups in total. The van der Waals surface area contributed by atoms with Crippen molar-refractivity contribution in [1.82, 2.24) is 9.88 Å². The van der Waals surface area contributed by atoms with Gasteiger partial charge in [0.15, 0.2) is 0 Å². The first-order chi connectivity index (χ1) is 11.0. The Morgan fingerprint density at radius 2 is 1.79 bits per heavy atom. The summed E-state index contributed by atoms with van der Waals surface area (Å²) in [7, 11) is 0. The maximum Gasteiger partial charge on any atom is 0.406 e. The molecule has 0 fully saturated rings. The van der Waals surface area contributed by atoms with E-state index in [0.717, 1.165) is 4.90 Å². The van der Waals surface area contributed by atoms with E-state index in [4.69, 9.17) is 11.6 Å². The van der Waals surface area contributed by atoms with E-state index in [1.54, 1.807) is 45.0 Å². The van der Waals surface area contributed by atoms with Crippen molar-refractivity contribution in [2.45, 2.75) is 26.9 Å². The summed E-state index contributed by atoms with van der Waals surface area (Å²) in [5.41, 5.74) is -0.575. The monoisotopic (exact) mass is 358 g/mol. The van der Waals surface area contributed by atoms with E-state index in [-0.39, 0.29) is 17.4 Å². The number of hydrogen-bond acceptors (Lipinski definition) is 2. The van der Waals surface area contributed by atoms with Gasteiger partial charge in [-0.15, -0.1) is 0 Å². The highest BCUT2D eigenvalue weighted by Gasteiger charge is 2.35. The Bertz CT molecular complexity index is 738. The predicted octanol–water partition coefficient (Wildman–Crippen LogP) is 4.94. The molecule has 130 valence electrons. The Morgan fingerprint density at radius 3 is 2.38 bits per heavy atom. The summed E-state index contributed by atoms with van der Waals surface area (Å²) in [4.78, 5) is 17.4. The van der Waals surface area contributed by atoms with E-state index in [9.17, 15) is 18.0 Å². The highest BCUT2D eigenvalue weighted by atomic mass is 35.5. The molecular formula is C17H18ClF3N2O. The summed E-state index contributed by atoms with van der Waals surface area (Å²) < 4.78 is 38.5. The Hall–Kier alpha value is -1.82. The molecule has 0 atom stereocenters. The number of amides is 1. The van der Waals surface area contributed by atoms with Gasteiger partial charge in [-0.3, -0.25) is 4.79 Å². The van der Waals surface area contributed by atoms with Crippen molar-refractivity contribution in [3.63, 3.8) is 0 Å².